The van der Waals surface area contributed by atoms with Gasteiger partial charge in [0, 0.05) is 8.35 Å². The average Bonchev–Trinajstić information content (AvgIpc) is 1.67. The Morgan fingerprint density at radius 2 is 2.11 bits per heavy atom. The van der Waals surface area contributed by atoms with Crippen LogP contribution in [0.15, 0.2) is 0 Å². The third kappa shape index (κ3) is 41.2. The molecule has 0 aromatic heterocycles. The van der Waals surface area contributed by atoms with Crippen molar-refractivity contribution >= 4 is 12.3 Å². The summed E-state index contributed by atoms with van der Waals surface area (Å²) < 4.78 is 4.40. The molecular weight excluding hydrogens is 120 g/mol. The fraction of sp³-hybridized carbons (Fsp3) is 0.667. The van der Waals surface area contributed by atoms with Gasteiger partial charge in [0.25, 0.3) is 0 Å². The molecule has 0 aromatic carbocycles. The molecule has 0 aliphatic carbocycles. The molecule has 9 heavy (non-hydrogen) atoms. The van der Waals surface area contributed by atoms with Crippen LogP contribution in [0.4, 0.5) is 0 Å². The van der Waals surface area contributed by atoms with Crippen LogP contribution in [0.25, 0.3) is 0 Å². The molecule has 0 aromatic rings. The van der Waals surface area contributed by atoms with Crippen molar-refractivity contribution in [3.63, 3.8) is 0 Å². The number of ether oxygens (including phenoxy) is 1. The van der Waals surface area contributed by atoms with Crippen molar-refractivity contribution in [1.29, 1.82) is 0 Å². The van der Waals surface area contributed by atoms with Gasteiger partial charge in [0.15, 0.2) is 0 Å². The molecule has 0 unspecified atom stereocenters. The van der Waals surface area contributed by atoms with Crippen LogP contribution in [0.3, 0.4) is 0 Å². The van der Waals surface area contributed by atoms with E-state index in [-0.39, 0.29) is 7.40 Å². The molecule has 0 aliphatic rings. The van der Waals surface area contributed by atoms with Crippen molar-refractivity contribution in [1.82, 2.24) is 0 Å². The van der Waals surface area contributed by atoms with Gasteiger partial charge in [-0.25, -0.2) is 0 Å². The van der Waals surface area contributed by atoms with E-state index in [4.69, 9.17) is 4.79 Å². The predicted molar refractivity (Wildman–Crippen MR) is 36.2 cm³/mol. The zero-order valence-electron chi connectivity index (χ0n) is 6.01. The third-order valence-corrected chi connectivity index (χ3v) is 0.348. The van der Waals surface area contributed by atoms with Crippen LogP contribution < -0.4 is 0 Å². The maximum Gasteiger partial charge on any atom is 0.302 e. The van der Waals surface area contributed by atoms with Gasteiger partial charge in [0.05, 0.1) is 6.61 Å². The first kappa shape index (κ1) is 11.0. The molecule has 0 spiro atoms. The van der Waals surface area contributed by atoms with Gasteiger partial charge in [-0.05, 0) is 13.8 Å². The smallest absolute Gasteiger partial charge is 0.302 e. The summed E-state index contributed by atoms with van der Waals surface area (Å²) in [6.07, 6.45) is 0.750. The van der Waals surface area contributed by atoms with Crippen LogP contribution in [0.1, 0.15) is 22.2 Å². The quantitative estimate of drug-likeness (QED) is 0.397. The monoisotopic (exact) mass is 134 g/mol. The predicted octanol–water partition coefficient (Wildman–Crippen LogP) is 1.02. The molecule has 3 nitrogen and oxygen atoms in total. The molecule has 0 aliphatic heterocycles. The lowest BCUT2D eigenvalue weighted by Crippen LogP contribution is -1.95. The number of hydrogen-bond donors (Lipinski definition) is 0. The standard InChI is InChI=1S/C4H8O2.C2H4O.H2/c1-3-6-4(2)5;1-2-3;/h3H2,1-2H3;2H,1H3;1H. The van der Waals surface area contributed by atoms with E-state index in [9.17, 15) is 4.79 Å². The maximum absolute atomic E-state index is 9.82. The Morgan fingerprint density at radius 3 is 2.11 bits per heavy atom. The van der Waals surface area contributed by atoms with E-state index < -0.39 is 0 Å². The van der Waals surface area contributed by atoms with Crippen molar-refractivity contribution in [3.05, 3.63) is 0 Å². The van der Waals surface area contributed by atoms with Gasteiger partial charge >= 0.3 is 5.97 Å². The minimum atomic E-state index is -0.211. The van der Waals surface area contributed by atoms with Gasteiger partial charge in [0.1, 0.15) is 6.29 Å². The molecule has 0 heterocycles. The Morgan fingerprint density at radius 1 is 1.78 bits per heavy atom. The summed E-state index contributed by atoms with van der Waals surface area (Å²) in [5.41, 5.74) is 0. The largest absolute Gasteiger partial charge is 0.466 e. The minimum absolute atomic E-state index is 0. The average molecular weight is 134 g/mol. The first-order valence-electron chi connectivity index (χ1n) is 2.72. The highest BCUT2D eigenvalue weighted by atomic mass is 16.5. The van der Waals surface area contributed by atoms with E-state index in [2.05, 4.69) is 4.74 Å². The summed E-state index contributed by atoms with van der Waals surface area (Å²) in [5, 5.41) is 0. The molecule has 0 atom stereocenters. The summed E-state index contributed by atoms with van der Waals surface area (Å²) in [6, 6.07) is 0. The molecule has 0 rings (SSSR count). The second kappa shape index (κ2) is 10.2. The van der Waals surface area contributed by atoms with Crippen molar-refractivity contribution in [2.75, 3.05) is 6.61 Å². The zero-order valence-corrected chi connectivity index (χ0v) is 6.01. The molecule has 0 N–H and O–H groups in total. The summed E-state index contributed by atoms with van der Waals surface area (Å²) in [6.45, 7) is 5.10. The van der Waals surface area contributed by atoms with E-state index in [0.29, 0.717) is 6.61 Å². The van der Waals surface area contributed by atoms with Crippen LogP contribution in [-0.4, -0.2) is 18.9 Å². The highest BCUT2D eigenvalue weighted by Gasteiger charge is 1.81. The van der Waals surface area contributed by atoms with Crippen LogP contribution in [0.2, 0.25) is 0 Å². The lowest BCUT2D eigenvalue weighted by Gasteiger charge is -1.89. The maximum atomic E-state index is 9.82. The van der Waals surface area contributed by atoms with E-state index in [1.807, 2.05) is 0 Å². The second-order valence-electron chi connectivity index (χ2n) is 1.16. The molecule has 56 valence electrons. The fourth-order valence-corrected chi connectivity index (χ4v) is 0.203. The number of carbonyl (C=O) groups is 2. The number of esters is 1. The summed E-state index contributed by atoms with van der Waals surface area (Å²) in [5.74, 6) is -0.211. The van der Waals surface area contributed by atoms with E-state index in [1.165, 1.54) is 13.8 Å². The number of rotatable bonds is 1. The lowest BCUT2D eigenvalue weighted by atomic mass is 10.8. The van der Waals surface area contributed by atoms with Gasteiger partial charge < -0.3 is 9.53 Å². The minimum Gasteiger partial charge on any atom is -0.466 e. The SMILES string of the molecule is CC=O.CCOC(C)=O.[HH]. The lowest BCUT2D eigenvalue weighted by molar-refractivity contribution is -0.140. The topological polar surface area (TPSA) is 43.4 Å². The Kier molecular flexibility index (Phi) is 12.5. The zero-order chi connectivity index (χ0) is 7.70. The van der Waals surface area contributed by atoms with Crippen LogP contribution in [0, 0.1) is 0 Å². The molecular formula is C6H14O3. The van der Waals surface area contributed by atoms with E-state index in [1.54, 1.807) is 6.92 Å². The van der Waals surface area contributed by atoms with Crippen molar-refractivity contribution in [2.24, 2.45) is 0 Å². The molecule has 3 heteroatoms. The first-order chi connectivity index (χ1) is 4.18. The van der Waals surface area contributed by atoms with Gasteiger partial charge in [-0.1, -0.05) is 0 Å². The molecule has 0 fully saturated rings. The molecule has 0 bridgehead atoms. The Bertz CT molecular complexity index is 83.1. The summed E-state index contributed by atoms with van der Waals surface area (Å²) >= 11 is 0. The Balaban J connectivity index is -0.000000107. The Labute approximate surface area is 56.5 Å². The number of hydrogen-bond acceptors (Lipinski definition) is 3. The fourth-order valence-electron chi connectivity index (χ4n) is 0.203. The van der Waals surface area contributed by atoms with E-state index >= 15 is 0 Å². The third-order valence-electron chi connectivity index (χ3n) is 0.348. The van der Waals surface area contributed by atoms with Gasteiger partial charge in [0.2, 0.25) is 0 Å². The van der Waals surface area contributed by atoms with Gasteiger partial charge in [-0.2, -0.15) is 0 Å². The van der Waals surface area contributed by atoms with Crippen LogP contribution in [-0.2, 0) is 14.3 Å². The highest BCUT2D eigenvalue weighted by Crippen LogP contribution is 1.69. The number of aldehydes is 1. The van der Waals surface area contributed by atoms with Crippen molar-refractivity contribution < 1.29 is 15.8 Å². The highest BCUT2D eigenvalue weighted by molar-refractivity contribution is 5.65. The molecule has 0 saturated carbocycles. The summed E-state index contributed by atoms with van der Waals surface area (Å²) in [7, 11) is 0. The van der Waals surface area contributed by atoms with E-state index in [0.717, 1.165) is 6.29 Å². The second-order valence-corrected chi connectivity index (χ2v) is 1.16. The first-order valence-corrected chi connectivity index (χ1v) is 2.72. The van der Waals surface area contributed by atoms with Crippen molar-refractivity contribution in [2.45, 2.75) is 20.8 Å². The molecule has 0 amide bonds. The molecule has 0 radical (unpaired) electrons. The van der Waals surface area contributed by atoms with Crippen LogP contribution in [0.5, 0.6) is 0 Å². The number of carbonyl (C=O) groups excluding carboxylic acids is 2. The normalized spacial score (nSPS) is 6.56. The molecule has 0 saturated heterocycles. The summed E-state index contributed by atoms with van der Waals surface area (Å²) in [4.78, 5) is 18.6. The van der Waals surface area contributed by atoms with Gasteiger partial charge in [-0.15, -0.1) is 0 Å². The Hall–Kier alpha value is -0.860. The van der Waals surface area contributed by atoms with Gasteiger partial charge in [-0.3, -0.25) is 4.79 Å². The van der Waals surface area contributed by atoms with Crippen molar-refractivity contribution in [3.8, 4) is 0 Å². The van der Waals surface area contributed by atoms with Crippen LogP contribution >= 0.6 is 0 Å².